The molecule has 0 fully saturated rings. The van der Waals surface area contributed by atoms with E-state index in [1.807, 2.05) is 12.1 Å². The minimum atomic E-state index is -0.482. The van der Waals surface area contributed by atoms with Gasteiger partial charge < -0.3 is 5.32 Å². The van der Waals surface area contributed by atoms with Crippen LogP contribution in [0.1, 0.15) is 15.9 Å². The molecular weight excluding hydrogens is 324 g/mol. The van der Waals surface area contributed by atoms with E-state index in [0.29, 0.717) is 11.3 Å². The van der Waals surface area contributed by atoms with Crippen molar-refractivity contribution >= 4 is 33.2 Å². The highest BCUT2D eigenvalue weighted by Gasteiger charge is 2.08. The van der Waals surface area contributed by atoms with Crippen LogP contribution in [0.3, 0.4) is 0 Å². The van der Waals surface area contributed by atoms with Gasteiger partial charge in [-0.15, -0.1) is 0 Å². The van der Waals surface area contributed by atoms with Crippen molar-refractivity contribution in [2.45, 2.75) is 5.33 Å². The maximum absolute atomic E-state index is 12.0. The fourth-order valence-electron chi connectivity index (χ4n) is 1.61. The van der Waals surface area contributed by atoms with Crippen molar-refractivity contribution in [1.82, 2.24) is 0 Å². The van der Waals surface area contributed by atoms with Crippen LogP contribution < -0.4 is 5.32 Å². The lowest BCUT2D eigenvalue weighted by Crippen LogP contribution is -2.11. The Morgan fingerprint density at radius 1 is 1.10 bits per heavy atom. The van der Waals surface area contributed by atoms with E-state index < -0.39 is 4.92 Å². The lowest BCUT2D eigenvalue weighted by molar-refractivity contribution is -0.384. The van der Waals surface area contributed by atoms with E-state index in [1.165, 1.54) is 24.3 Å². The minimum Gasteiger partial charge on any atom is -0.322 e. The largest absolute Gasteiger partial charge is 0.322 e. The Kier molecular flexibility index (Phi) is 4.47. The first-order chi connectivity index (χ1) is 9.60. The molecule has 102 valence electrons. The number of non-ortho nitro benzene ring substituents is 1. The number of rotatable bonds is 4. The molecule has 2 rings (SSSR count). The molecule has 0 saturated carbocycles. The van der Waals surface area contributed by atoms with E-state index in [-0.39, 0.29) is 11.6 Å². The number of carbonyl (C=O) groups excluding carboxylic acids is 1. The second kappa shape index (κ2) is 6.29. The van der Waals surface area contributed by atoms with Gasteiger partial charge >= 0.3 is 0 Å². The van der Waals surface area contributed by atoms with Gasteiger partial charge in [-0.25, -0.2) is 0 Å². The summed E-state index contributed by atoms with van der Waals surface area (Å²) in [5.74, 6) is -0.250. The number of benzene rings is 2. The van der Waals surface area contributed by atoms with Gasteiger partial charge in [0.2, 0.25) is 0 Å². The molecule has 0 aliphatic carbocycles. The second-order valence-corrected chi connectivity index (χ2v) is 4.65. The van der Waals surface area contributed by atoms with Crippen molar-refractivity contribution in [2.24, 2.45) is 0 Å². The highest BCUT2D eigenvalue weighted by atomic mass is 79.9. The van der Waals surface area contributed by atoms with Gasteiger partial charge in [-0.1, -0.05) is 28.1 Å². The quantitative estimate of drug-likeness (QED) is 0.525. The fraction of sp³-hybridized carbons (Fsp3) is 0.0714. The minimum absolute atomic E-state index is 0.00956. The van der Waals surface area contributed by atoms with Crippen LogP contribution in [0.15, 0.2) is 48.5 Å². The molecule has 0 aliphatic heterocycles. The van der Waals surface area contributed by atoms with Gasteiger partial charge in [-0.2, -0.15) is 0 Å². The third-order valence-electron chi connectivity index (χ3n) is 2.71. The summed E-state index contributed by atoms with van der Waals surface area (Å²) in [5, 5.41) is 14.0. The molecule has 0 heterocycles. The maximum Gasteiger partial charge on any atom is 0.269 e. The van der Waals surface area contributed by atoms with E-state index in [2.05, 4.69) is 21.2 Å². The van der Waals surface area contributed by atoms with Gasteiger partial charge in [0.05, 0.1) is 4.92 Å². The Morgan fingerprint density at radius 3 is 2.20 bits per heavy atom. The standard InChI is InChI=1S/C14H11BrN2O3/c15-9-10-1-3-11(4-2-10)14(18)16-12-5-7-13(8-6-12)17(19)20/h1-8H,9H2,(H,16,18). The number of nitrogens with zero attached hydrogens (tertiary/aromatic N) is 1. The second-order valence-electron chi connectivity index (χ2n) is 4.09. The number of nitrogens with one attached hydrogen (secondary N) is 1. The van der Waals surface area contributed by atoms with Crippen LogP contribution in [-0.2, 0) is 5.33 Å². The molecule has 5 nitrogen and oxygen atoms in total. The van der Waals surface area contributed by atoms with Gasteiger partial charge in [0.15, 0.2) is 0 Å². The van der Waals surface area contributed by atoms with Crippen molar-refractivity contribution in [3.63, 3.8) is 0 Å². The summed E-state index contributed by atoms with van der Waals surface area (Å²) in [5.41, 5.74) is 2.12. The Hall–Kier alpha value is -2.21. The Labute approximate surface area is 123 Å². The first-order valence-corrected chi connectivity index (χ1v) is 6.93. The molecule has 20 heavy (non-hydrogen) atoms. The number of halogens is 1. The van der Waals surface area contributed by atoms with Crippen LogP contribution in [-0.4, -0.2) is 10.8 Å². The number of hydrogen-bond donors (Lipinski definition) is 1. The monoisotopic (exact) mass is 334 g/mol. The highest BCUT2D eigenvalue weighted by Crippen LogP contribution is 2.16. The molecule has 6 heteroatoms. The number of hydrogen-bond acceptors (Lipinski definition) is 3. The van der Waals surface area contributed by atoms with Crippen molar-refractivity contribution in [1.29, 1.82) is 0 Å². The van der Waals surface area contributed by atoms with E-state index in [0.717, 1.165) is 10.9 Å². The molecule has 1 N–H and O–H groups in total. The van der Waals surface area contributed by atoms with Crippen LogP contribution in [0.5, 0.6) is 0 Å². The SMILES string of the molecule is O=C(Nc1ccc([N+](=O)[O-])cc1)c1ccc(CBr)cc1. The van der Waals surface area contributed by atoms with E-state index in [4.69, 9.17) is 0 Å². The maximum atomic E-state index is 12.0. The van der Waals surface area contributed by atoms with E-state index in [1.54, 1.807) is 12.1 Å². The van der Waals surface area contributed by atoms with Gasteiger partial charge in [0, 0.05) is 28.7 Å². The first kappa shape index (κ1) is 14.2. The molecule has 2 aromatic rings. The third kappa shape index (κ3) is 3.42. The van der Waals surface area contributed by atoms with Crippen LogP contribution in [0.25, 0.3) is 0 Å². The topological polar surface area (TPSA) is 72.2 Å². The summed E-state index contributed by atoms with van der Waals surface area (Å²) in [7, 11) is 0. The zero-order valence-electron chi connectivity index (χ0n) is 10.4. The predicted octanol–water partition coefficient (Wildman–Crippen LogP) is 3.74. The average Bonchev–Trinajstić information content (AvgIpc) is 2.48. The number of carbonyl (C=O) groups is 1. The van der Waals surface area contributed by atoms with Crippen LogP contribution >= 0.6 is 15.9 Å². The molecule has 0 spiro atoms. The highest BCUT2D eigenvalue weighted by molar-refractivity contribution is 9.08. The molecule has 1 amide bonds. The molecule has 0 aliphatic rings. The van der Waals surface area contributed by atoms with Gasteiger partial charge in [0.1, 0.15) is 0 Å². The summed E-state index contributed by atoms with van der Waals surface area (Å²) in [6.45, 7) is 0. The van der Waals surface area contributed by atoms with Crippen molar-refractivity contribution < 1.29 is 9.72 Å². The fourth-order valence-corrected chi connectivity index (χ4v) is 1.99. The normalized spacial score (nSPS) is 10.1. The number of alkyl halides is 1. The number of nitro benzene ring substituents is 1. The van der Waals surface area contributed by atoms with Crippen molar-refractivity contribution in [3.05, 3.63) is 69.8 Å². The molecule has 2 aromatic carbocycles. The zero-order valence-corrected chi connectivity index (χ0v) is 12.0. The average molecular weight is 335 g/mol. The Bertz CT molecular complexity index is 624. The summed E-state index contributed by atoms with van der Waals surface area (Å²) >= 11 is 3.34. The summed E-state index contributed by atoms with van der Waals surface area (Å²) in [4.78, 5) is 22.0. The van der Waals surface area contributed by atoms with E-state index in [9.17, 15) is 14.9 Å². The predicted molar refractivity (Wildman–Crippen MR) is 80.1 cm³/mol. The van der Waals surface area contributed by atoms with Crippen molar-refractivity contribution in [3.8, 4) is 0 Å². The number of nitro groups is 1. The third-order valence-corrected chi connectivity index (χ3v) is 3.35. The smallest absolute Gasteiger partial charge is 0.269 e. The molecule has 0 bridgehead atoms. The summed E-state index contributed by atoms with van der Waals surface area (Å²) < 4.78 is 0. The molecule has 0 unspecified atom stereocenters. The Morgan fingerprint density at radius 2 is 1.70 bits per heavy atom. The summed E-state index contributed by atoms with van der Waals surface area (Å²) in [6.07, 6.45) is 0. The summed E-state index contributed by atoms with van der Waals surface area (Å²) in [6, 6.07) is 12.9. The van der Waals surface area contributed by atoms with Crippen molar-refractivity contribution in [2.75, 3.05) is 5.32 Å². The first-order valence-electron chi connectivity index (χ1n) is 5.81. The van der Waals surface area contributed by atoms with Crippen LogP contribution in [0, 0.1) is 10.1 Å². The van der Waals surface area contributed by atoms with Crippen LogP contribution in [0.4, 0.5) is 11.4 Å². The van der Waals surface area contributed by atoms with E-state index >= 15 is 0 Å². The lowest BCUT2D eigenvalue weighted by Gasteiger charge is -2.05. The lowest BCUT2D eigenvalue weighted by atomic mass is 10.1. The number of anilines is 1. The molecule has 0 radical (unpaired) electrons. The van der Waals surface area contributed by atoms with Gasteiger partial charge in [0.25, 0.3) is 11.6 Å². The van der Waals surface area contributed by atoms with Gasteiger partial charge in [-0.05, 0) is 29.8 Å². The Balaban J connectivity index is 2.08. The molecule has 0 atom stereocenters. The zero-order chi connectivity index (χ0) is 14.5. The van der Waals surface area contributed by atoms with Gasteiger partial charge in [-0.3, -0.25) is 14.9 Å². The van der Waals surface area contributed by atoms with Crippen LogP contribution in [0.2, 0.25) is 0 Å². The molecule has 0 saturated heterocycles. The molecular formula is C14H11BrN2O3. The molecule has 0 aromatic heterocycles. The number of amides is 1.